The minimum atomic E-state index is -0.833. The van der Waals surface area contributed by atoms with E-state index in [-0.39, 0.29) is 54.5 Å². The van der Waals surface area contributed by atoms with Crippen molar-refractivity contribution in [1.29, 1.82) is 0 Å². The zero-order chi connectivity index (χ0) is 86.9. The predicted octanol–water partition coefficient (Wildman–Crippen LogP) is 24.7. The fourth-order valence-corrected chi connectivity index (χ4v) is 11.7. The first-order chi connectivity index (χ1) is 53.9. The molecule has 13 N–H and O–H groups in total. The Morgan fingerprint density at radius 1 is 0.328 bits per heavy atom. The number of benzene rings is 8. The van der Waals surface area contributed by atoms with Crippen LogP contribution in [0.1, 0.15) is 154 Å². The molecule has 8 nitrogen and oxygen atoms in total. The van der Waals surface area contributed by atoms with Gasteiger partial charge in [0.2, 0.25) is 0 Å². The average molecular weight is 1650 g/mol. The third kappa shape index (κ3) is 41.9. The molecular formula is C101H140Cl3F4N7O. The zero-order valence-corrected chi connectivity index (χ0v) is 73.9. The Morgan fingerprint density at radius 3 is 0.914 bits per heavy atom. The molecule has 8 aromatic rings. The van der Waals surface area contributed by atoms with Gasteiger partial charge in [-0.25, -0.2) is 17.6 Å². The van der Waals surface area contributed by atoms with E-state index in [4.69, 9.17) is 73.9 Å². The fourth-order valence-electron chi connectivity index (χ4n) is 11.3. The molecule has 0 fully saturated rings. The molecule has 0 aliphatic rings. The summed E-state index contributed by atoms with van der Waals surface area (Å²) in [5.74, 6) is 1.47. The van der Waals surface area contributed by atoms with Crippen LogP contribution in [0.25, 0.3) is 0 Å². The molecule has 7 atom stereocenters. The van der Waals surface area contributed by atoms with Gasteiger partial charge in [0.25, 0.3) is 0 Å². The zero-order valence-electron chi connectivity index (χ0n) is 71.6. The SMILES string of the molecule is C.C=C(C(C)C)[C@@H](Cc1ccc(OCc2ccccc2)cc1)NC.C=C(C(C)C)[C@@H](N)Cc1ccc(Cl)cc1.C=C(C(C)C)[C@H](N)Cc1ccc(C)cc1.C=C(C(C)C)[C@H](N)Cc1ccc(Cl)c(F)c1.C=C(C(C)C)[C@H](N)Cc1ccc(Cl)cc1.C=C(C(C)C)[C@H](N)Cc1ccc(F)c(F)c1.C=C(C(C)C)[C@H](N)Cc1ccc(F)cc1. The monoisotopic (exact) mass is 1650 g/mol. The summed E-state index contributed by atoms with van der Waals surface area (Å²) < 4.78 is 57.3. The third-order valence-electron chi connectivity index (χ3n) is 20.0. The van der Waals surface area contributed by atoms with Gasteiger partial charge < -0.3 is 44.5 Å². The lowest BCUT2D eigenvalue weighted by Gasteiger charge is -2.22. The molecule has 8 rings (SSSR count). The van der Waals surface area contributed by atoms with Crippen LogP contribution in [0.2, 0.25) is 15.1 Å². The van der Waals surface area contributed by atoms with Crippen LogP contribution < -0.4 is 44.5 Å². The van der Waals surface area contributed by atoms with Gasteiger partial charge in [0.1, 0.15) is 24.0 Å². The Hall–Kier alpha value is -7.95. The van der Waals surface area contributed by atoms with Gasteiger partial charge in [-0.3, -0.25) is 0 Å². The van der Waals surface area contributed by atoms with E-state index in [0.717, 1.165) is 98.5 Å². The summed E-state index contributed by atoms with van der Waals surface area (Å²) in [4.78, 5) is 0. The number of likely N-dealkylation sites (N-methyl/N-ethyl adjacent to an activating group) is 1. The van der Waals surface area contributed by atoms with Gasteiger partial charge in [0, 0.05) is 52.3 Å². The maximum Gasteiger partial charge on any atom is 0.159 e. The molecule has 0 saturated heterocycles. The van der Waals surface area contributed by atoms with Gasteiger partial charge in [0.15, 0.2) is 11.6 Å². The molecule has 0 spiro atoms. The van der Waals surface area contributed by atoms with Gasteiger partial charge in [-0.2, -0.15) is 0 Å². The molecular weight excluding hydrogens is 1510 g/mol. The highest BCUT2D eigenvalue weighted by Crippen LogP contribution is 2.25. The summed E-state index contributed by atoms with van der Waals surface area (Å²) in [5, 5.41) is 5.02. The number of nitrogens with one attached hydrogen (secondary N) is 1. The Balaban J connectivity index is 0.000000680. The highest BCUT2D eigenvalue weighted by atomic mass is 35.5. The van der Waals surface area contributed by atoms with Gasteiger partial charge in [-0.15, -0.1) is 0 Å². The minimum absolute atomic E-state index is 0. The Morgan fingerprint density at radius 2 is 0.603 bits per heavy atom. The first-order valence-electron chi connectivity index (χ1n) is 39.9. The number of rotatable bonds is 32. The molecule has 15 heteroatoms. The van der Waals surface area contributed by atoms with Crippen LogP contribution in [0.4, 0.5) is 17.6 Å². The van der Waals surface area contributed by atoms with Crippen LogP contribution in [0, 0.1) is 71.6 Å². The Bertz CT molecular complexity index is 3840. The van der Waals surface area contributed by atoms with Crippen molar-refractivity contribution in [2.24, 2.45) is 75.8 Å². The van der Waals surface area contributed by atoms with Crippen molar-refractivity contribution in [2.45, 2.75) is 205 Å². The predicted molar refractivity (Wildman–Crippen MR) is 497 cm³/mol. The van der Waals surface area contributed by atoms with Crippen molar-refractivity contribution in [3.05, 3.63) is 362 Å². The molecule has 0 aliphatic heterocycles. The Labute approximate surface area is 713 Å². The second-order valence-electron chi connectivity index (χ2n) is 31.8. The lowest BCUT2D eigenvalue weighted by Crippen LogP contribution is -2.31. The number of hydrogen-bond donors (Lipinski definition) is 7. The topological polar surface area (TPSA) is 177 Å². The van der Waals surface area contributed by atoms with Crippen LogP contribution in [0.5, 0.6) is 5.75 Å². The normalized spacial score (nSPS) is 12.6. The molecule has 0 aromatic heterocycles. The lowest BCUT2D eigenvalue weighted by atomic mass is 9.92. The van der Waals surface area contributed by atoms with Crippen molar-refractivity contribution >= 4 is 34.8 Å². The number of hydrogen-bond acceptors (Lipinski definition) is 8. The first-order valence-corrected chi connectivity index (χ1v) is 41.0. The molecule has 0 saturated carbocycles. The summed E-state index contributed by atoms with van der Waals surface area (Å²) in [7, 11) is 2.00. The van der Waals surface area contributed by atoms with E-state index < -0.39 is 17.5 Å². The van der Waals surface area contributed by atoms with Crippen molar-refractivity contribution in [1.82, 2.24) is 5.32 Å². The van der Waals surface area contributed by atoms with Crippen LogP contribution in [-0.4, -0.2) is 49.3 Å². The molecule has 8 aromatic carbocycles. The highest BCUT2D eigenvalue weighted by molar-refractivity contribution is 6.31. The standard InChI is InChI=1S/C21H27NO.C14H21N.C13H17ClFN.2C13H18ClN.C13H17F2N.C13H18FN.CH4/c1-16(2)17(3)21(22-4)14-18-10-12-20(13-11-18)23-15-19-8-6-5-7-9-19;1-10(2)12(4)14(15)9-13-7-5-11(3)6-8-13;1-8(2)9(3)13(16)7-10-4-5-11(14)12(15)6-10;2*1-9(2)10(3)13(15)8-11-4-6-12(14)7-5-11;1-8(2)9(3)13(16)7-10-4-5-11(14)12(15)6-10;1-9(2)10(3)13(15)8-11-4-6-12(14)7-5-11;/h5-13,16,21-22H,3,14-15H2,1-2,4H3;5-8,10,14H,4,9,15H2,1-3H3;4-6,8,13H,3,7,16H2,1-2H3;2*4-7,9,13H,3,8,15H2,1-2H3;4-6,8,13H,3,7,16H2,1-2H3;4-7,9,13H,3,8,15H2,1-2H3;1H4/t21-;14-;5*13-;/m1111011./s1. The van der Waals surface area contributed by atoms with Gasteiger partial charge in [-0.05, 0) is 218 Å². The van der Waals surface area contributed by atoms with E-state index in [1.54, 1.807) is 30.3 Å². The summed E-state index contributed by atoms with van der Waals surface area (Å²) in [6.45, 7) is 60.2. The summed E-state index contributed by atoms with van der Waals surface area (Å²) in [6, 6.07) is 57.8. The molecule has 634 valence electrons. The third-order valence-corrected chi connectivity index (χ3v) is 20.8. The number of aryl methyl sites for hydroxylation is 1. The first kappa shape index (κ1) is 106. The summed E-state index contributed by atoms with van der Waals surface area (Å²) in [6.07, 6.45) is 5.28. The maximum absolute atomic E-state index is 13.2. The fraction of sp³-hybridized carbons (Fsp3) is 0.386. The molecule has 0 heterocycles. The Kier molecular flexibility index (Phi) is 50.9. The van der Waals surface area contributed by atoms with Crippen LogP contribution >= 0.6 is 34.8 Å². The molecule has 0 aliphatic carbocycles. The van der Waals surface area contributed by atoms with Gasteiger partial charge >= 0.3 is 0 Å². The van der Waals surface area contributed by atoms with Gasteiger partial charge in [0.05, 0.1) is 5.02 Å². The van der Waals surface area contributed by atoms with Crippen molar-refractivity contribution in [2.75, 3.05) is 7.05 Å². The van der Waals surface area contributed by atoms with E-state index in [2.05, 4.69) is 176 Å². The van der Waals surface area contributed by atoms with E-state index in [1.165, 1.54) is 63.2 Å². The molecule has 0 radical (unpaired) electrons. The van der Waals surface area contributed by atoms with Crippen molar-refractivity contribution in [3.8, 4) is 5.75 Å². The van der Waals surface area contributed by atoms with Gasteiger partial charge in [-0.1, -0.05) is 345 Å². The minimum Gasteiger partial charge on any atom is -0.489 e. The average Bonchev–Trinajstić information content (AvgIpc) is 0.778. The second-order valence-corrected chi connectivity index (χ2v) is 33.1. The lowest BCUT2D eigenvalue weighted by molar-refractivity contribution is 0.306. The van der Waals surface area contributed by atoms with Crippen LogP contribution in [0.15, 0.2) is 273 Å². The molecule has 0 unspecified atom stereocenters. The largest absolute Gasteiger partial charge is 0.489 e. The van der Waals surface area contributed by atoms with Crippen LogP contribution in [-0.2, 0) is 51.6 Å². The van der Waals surface area contributed by atoms with E-state index in [1.807, 2.05) is 114 Å². The van der Waals surface area contributed by atoms with Crippen molar-refractivity contribution < 1.29 is 22.3 Å². The number of nitrogens with two attached hydrogens (primary N) is 6. The van der Waals surface area contributed by atoms with E-state index in [0.29, 0.717) is 72.5 Å². The summed E-state index contributed by atoms with van der Waals surface area (Å²) >= 11 is 17.2. The summed E-state index contributed by atoms with van der Waals surface area (Å²) in [5.41, 5.74) is 53.7. The quantitative estimate of drug-likeness (QED) is 0.0161. The maximum atomic E-state index is 13.2. The number of halogens is 7. The smallest absolute Gasteiger partial charge is 0.159 e. The van der Waals surface area contributed by atoms with Crippen LogP contribution in [0.3, 0.4) is 0 Å². The van der Waals surface area contributed by atoms with Crippen molar-refractivity contribution in [3.63, 3.8) is 0 Å². The van der Waals surface area contributed by atoms with E-state index in [9.17, 15) is 17.6 Å². The molecule has 116 heavy (non-hydrogen) atoms. The molecule has 0 amide bonds. The second kappa shape index (κ2) is 55.7. The highest BCUT2D eigenvalue weighted by Gasteiger charge is 2.19. The number of ether oxygens (including phenoxy) is 1. The molecule has 0 bridgehead atoms. The van der Waals surface area contributed by atoms with E-state index >= 15 is 0 Å².